The van der Waals surface area contributed by atoms with E-state index < -0.39 is 0 Å². The molecule has 23 heavy (non-hydrogen) atoms. The van der Waals surface area contributed by atoms with Crippen LogP contribution in [-0.2, 0) is 6.42 Å². The second-order valence-corrected chi connectivity index (χ2v) is 5.62. The predicted octanol–water partition coefficient (Wildman–Crippen LogP) is 3.65. The van der Waals surface area contributed by atoms with Gasteiger partial charge in [0, 0.05) is 5.92 Å². The van der Waals surface area contributed by atoms with Crippen LogP contribution in [0.4, 0.5) is 0 Å². The highest BCUT2D eigenvalue weighted by Gasteiger charge is 2.16. The van der Waals surface area contributed by atoms with E-state index in [-0.39, 0.29) is 5.92 Å². The Kier molecular flexibility index (Phi) is 6.13. The quantitative estimate of drug-likeness (QED) is 0.839. The van der Waals surface area contributed by atoms with Crippen LogP contribution in [0, 0.1) is 0 Å². The van der Waals surface area contributed by atoms with Crippen molar-refractivity contribution < 1.29 is 14.2 Å². The van der Waals surface area contributed by atoms with E-state index in [2.05, 4.69) is 0 Å². The lowest BCUT2D eigenvalue weighted by atomic mass is 9.91. The van der Waals surface area contributed by atoms with Crippen LogP contribution in [0.1, 0.15) is 17.0 Å². The summed E-state index contributed by atoms with van der Waals surface area (Å²) in [5, 5.41) is 0.584. The van der Waals surface area contributed by atoms with Gasteiger partial charge in [0.25, 0.3) is 0 Å². The molecule has 0 amide bonds. The van der Waals surface area contributed by atoms with Crippen molar-refractivity contribution in [3.63, 3.8) is 0 Å². The van der Waals surface area contributed by atoms with Crippen LogP contribution >= 0.6 is 11.6 Å². The molecule has 0 aliphatic rings. The number of nitrogens with two attached hydrogens (primary N) is 1. The lowest BCUT2D eigenvalue weighted by Crippen LogP contribution is -2.15. The minimum Gasteiger partial charge on any atom is -0.497 e. The number of hydrogen-bond donors (Lipinski definition) is 1. The van der Waals surface area contributed by atoms with E-state index in [4.69, 9.17) is 31.5 Å². The van der Waals surface area contributed by atoms with Crippen molar-refractivity contribution in [2.45, 2.75) is 12.3 Å². The number of rotatable bonds is 7. The van der Waals surface area contributed by atoms with Crippen molar-refractivity contribution in [3.05, 3.63) is 52.5 Å². The normalized spacial score (nSPS) is 11.9. The number of ether oxygens (including phenoxy) is 3. The number of halogens is 1. The maximum Gasteiger partial charge on any atom is 0.137 e. The van der Waals surface area contributed by atoms with Crippen molar-refractivity contribution in [1.29, 1.82) is 0 Å². The van der Waals surface area contributed by atoms with Crippen LogP contribution in [-0.4, -0.2) is 27.9 Å². The first kappa shape index (κ1) is 17.4. The molecule has 0 saturated heterocycles. The molecule has 0 aliphatic carbocycles. The molecule has 0 radical (unpaired) electrons. The van der Waals surface area contributed by atoms with Crippen LogP contribution in [0.5, 0.6) is 17.2 Å². The zero-order valence-corrected chi connectivity index (χ0v) is 14.4. The monoisotopic (exact) mass is 335 g/mol. The highest BCUT2D eigenvalue weighted by atomic mass is 35.5. The first-order valence-electron chi connectivity index (χ1n) is 7.37. The molecule has 124 valence electrons. The van der Waals surface area contributed by atoms with E-state index >= 15 is 0 Å². The molecule has 0 saturated carbocycles. The van der Waals surface area contributed by atoms with Crippen molar-refractivity contribution in [3.8, 4) is 17.2 Å². The summed E-state index contributed by atoms with van der Waals surface area (Å²) < 4.78 is 15.9. The van der Waals surface area contributed by atoms with Gasteiger partial charge in [0.1, 0.15) is 17.2 Å². The van der Waals surface area contributed by atoms with E-state index in [0.717, 1.165) is 29.0 Å². The first-order chi connectivity index (χ1) is 11.1. The Bertz CT molecular complexity index is 661. The number of methoxy groups -OCH3 is 3. The molecule has 0 aliphatic heterocycles. The third-order valence-corrected chi connectivity index (χ3v) is 4.18. The van der Waals surface area contributed by atoms with Gasteiger partial charge in [-0.25, -0.2) is 0 Å². The molecule has 2 aromatic rings. The molecule has 2 aromatic carbocycles. The van der Waals surface area contributed by atoms with Gasteiger partial charge >= 0.3 is 0 Å². The fourth-order valence-electron chi connectivity index (χ4n) is 2.58. The van der Waals surface area contributed by atoms with Crippen LogP contribution in [0.15, 0.2) is 36.4 Å². The van der Waals surface area contributed by atoms with Gasteiger partial charge in [-0.3, -0.25) is 0 Å². The second kappa shape index (κ2) is 8.09. The third-order valence-electron chi connectivity index (χ3n) is 3.89. The Hall–Kier alpha value is -1.91. The SMILES string of the molecule is COc1ccc(OC)c(CC(CN)c2ccc(OC)c(Cl)c2)c1. The van der Waals surface area contributed by atoms with Gasteiger partial charge in [-0.1, -0.05) is 17.7 Å². The van der Waals surface area contributed by atoms with E-state index in [1.54, 1.807) is 21.3 Å². The Morgan fingerprint density at radius 1 is 0.957 bits per heavy atom. The third kappa shape index (κ3) is 4.09. The van der Waals surface area contributed by atoms with Gasteiger partial charge in [0.15, 0.2) is 0 Å². The van der Waals surface area contributed by atoms with Gasteiger partial charge in [0.05, 0.1) is 26.4 Å². The topological polar surface area (TPSA) is 53.7 Å². The molecule has 1 atom stereocenters. The smallest absolute Gasteiger partial charge is 0.137 e. The standard InChI is InChI=1S/C18H22ClNO3/c1-21-15-5-7-17(22-2)13(9-15)8-14(11-20)12-4-6-18(23-3)16(19)10-12/h4-7,9-10,14H,8,11,20H2,1-3H3. The Morgan fingerprint density at radius 3 is 2.22 bits per heavy atom. The van der Waals surface area contributed by atoms with Crippen molar-refractivity contribution in [2.75, 3.05) is 27.9 Å². The second-order valence-electron chi connectivity index (χ2n) is 5.21. The van der Waals surface area contributed by atoms with Gasteiger partial charge in [-0.2, -0.15) is 0 Å². The average Bonchev–Trinajstić information content (AvgIpc) is 2.59. The van der Waals surface area contributed by atoms with E-state index in [1.165, 1.54) is 0 Å². The van der Waals surface area contributed by atoms with Gasteiger partial charge in [-0.15, -0.1) is 0 Å². The lowest BCUT2D eigenvalue weighted by molar-refractivity contribution is 0.397. The summed E-state index contributed by atoms with van der Waals surface area (Å²) in [5.74, 6) is 2.40. The summed E-state index contributed by atoms with van der Waals surface area (Å²) in [7, 11) is 4.91. The van der Waals surface area contributed by atoms with Crippen LogP contribution in [0.3, 0.4) is 0 Å². The minimum absolute atomic E-state index is 0.124. The van der Waals surface area contributed by atoms with Crippen LogP contribution < -0.4 is 19.9 Å². The molecule has 1 unspecified atom stereocenters. The first-order valence-corrected chi connectivity index (χ1v) is 7.75. The molecule has 5 heteroatoms. The Morgan fingerprint density at radius 2 is 1.65 bits per heavy atom. The number of benzene rings is 2. The van der Waals surface area contributed by atoms with Crippen molar-refractivity contribution in [2.24, 2.45) is 5.73 Å². The summed E-state index contributed by atoms with van der Waals surface area (Å²) in [6, 6.07) is 11.5. The molecule has 0 spiro atoms. The average molecular weight is 336 g/mol. The molecular weight excluding hydrogens is 314 g/mol. The predicted molar refractivity (Wildman–Crippen MR) is 93.0 cm³/mol. The van der Waals surface area contributed by atoms with Gasteiger partial charge in [0.2, 0.25) is 0 Å². The molecule has 0 bridgehead atoms. The zero-order valence-electron chi connectivity index (χ0n) is 13.6. The molecule has 4 nitrogen and oxygen atoms in total. The van der Waals surface area contributed by atoms with E-state index in [0.29, 0.717) is 17.3 Å². The fraction of sp³-hybridized carbons (Fsp3) is 0.333. The fourth-order valence-corrected chi connectivity index (χ4v) is 2.85. The summed E-state index contributed by atoms with van der Waals surface area (Å²) in [5.41, 5.74) is 8.11. The van der Waals surface area contributed by atoms with Crippen molar-refractivity contribution in [1.82, 2.24) is 0 Å². The molecule has 0 heterocycles. The molecule has 2 rings (SSSR count). The summed E-state index contributed by atoms with van der Waals surface area (Å²) >= 11 is 6.23. The summed E-state index contributed by atoms with van der Waals surface area (Å²) in [4.78, 5) is 0. The maximum atomic E-state index is 6.23. The van der Waals surface area contributed by atoms with Crippen LogP contribution in [0.2, 0.25) is 5.02 Å². The maximum absolute atomic E-state index is 6.23. The number of hydrogen-bond acceptors (Lipinski definition) is 4. The van der Waals surface area contributed by atoms with Crippen LogP contribution in [0.25, 0.3) is 0 Å². The zero-order chi connectivity index (χ0) is 16.8. The molecule has 0 aromatic heterocycles. The largest absolute Gasteiger partial charge is 0.497 e. The van der Waals surface area contributed by atoms with E-state index in [9.17, 15) is 0 Å². The Balaban J connectivity index is 2.30. The summed E-state index contributed by atoms with van der Waals surface area (Å²) in [6.07, 6.45) is 0.736. The molecular formula is C18H22ClNO3. The van der Waals surface area contributed by atoms with Gasteiger partial charge in [-0.05, 0) is 54.4 Å². The summed E-state index contributed by atoms with van der Waals surface area (Å²) in [6.45, 7) is 0.503. The lowest BCUT2D eigenvalue weighted by Gasteiger charge is -2.18. The molecule has 0 fully saturated rings. The van der Waals surface area contributed by atoms with E-state index in [1.807, 2.05) is 36.4 Å². The minimum atomic E-state index is 0.124. The van der Waals surface area contributed by atoms with Crippen molar-refractivity contribution >= 4 is 11.6 Å². The van der Waals surface area contributed by atoms with Gasteiger partial charge < -0.3 is 19.9 Å². The highest BCUT2D eigenvalue weighted by molar-refractivity contribution is 6.32. The highest BCUT2D eigenvalue weighted by Crippen LogP contribution is 2.32. The Labute approximate surface area is 142 Å². The molecule has 2 N–H and O–H groups in total.